The van der Waals surface area contributed by atoms with E-state index in [4.69, 9.17) is 0 Å². The Hall–Kier alpha value is -0.960. The van der Waals surface area contributed by atoms with Crippen molar-refractivity contribution in [1.29, 1.82) is 0 Å². The van der Waals surface area contributed by atoms with Crippen LogP contribution in [-0.4, -0.2) is 6.54 Å². The second kappa shape index (κ2) is 6.59. The molecule has 1 rings (SSSR count). The van der Waals surface area contributed by atoms with Crippen molar-refractivity contribution in [3.05, 3.63) is 35.4 Å². The fraction of sp³-hybridized carbons (Fsp3) is 0.538. The van der Waals surface area contributed by atoms with Gasteiger partial charge in [0.05, 0.1) is 0 Å². The maximum absolute atomic E-state index is 13.0. The first-order valence-electron chi connectivity index (χ1n) is 5.83. The van der Waals surface area contributed by atoms with E-state index in [0.717, 1.165) is 18.5 Å². The molecular weight excluding hydrogens is 208 g/mol. The van der Waals surface area contributed by atoms with Gasteiger partial charge in [-0.2, -0.15) is 0 Å². The largest absolute Gasteiger partial charge is 0.310 e. The zero-order chi connectivity index (χ0) is 12.0. The molecule has 1 aromatic carbocycles. The van der Waals surface area contributed by atoms with Crippen molar-refractivity contribution >= 4 is 0 Å². The maximum Gasteiger partial charge on any atom is 0.159 e. The van der Waals surface area contributed by atoms with Crippen molar-refractivity contribution < 1.29 is 8.78 Å². The highest BCUT2D eigenvalue weighted by Gasteiger charge is 2.08. The van der Waals surface area contributed by atoms with E-state index in [1.165, 1.54) is 25.0 Å². The van der Waals surface area contributed by atoms with E-state index in [1.807, 2.05) is 6.92 Å². The first kappa shape index (κ1) is 13.1. The van der Waals surface area contributed by atoms with Crippen LogP contribution in [0, 0.1) is 11.6 Å². The predicted octanol–water partition coefficient (Wildman–Crippen LogP) is 3.81. The molecule has 0 aliphatic rings. The summed E-state index contributed by atoms with van der Waals surface area (Å²) in [5.41, 5.74) is 0.787. The van der Waals surface area contributed by atoms with Gasteiger partial charge in [-0.3, -0.25) is 0 Å². The topological polar surface area (TPSA) is 12.0 Å². The molecule has 0 aromatic heterocycles. The van der Waals surface area contributed by atoms with Gasteiger partial charge in [-0.05, 0) is 37.6 Å². The molecule has 0 amide bonds. The Morgan fingerprint density at radius 1 is 1.19 bits per heavy atom. The number of nitrogens with one attached hydrogen (secondary N) is 1. The summed E-state index contributed by atoms with van der Waals surface area (Å²) in [6, 6.07) is 4.12. The second-order valence-electron chi connectivity index (χ2n) is 4.06. The molecule has 1 atom stereocenters. The van der Waals surface area contributed by atoms with E-state index in [9.17, 15) is 8.78 Å². The van der Waals surface area contributed by atoms with Gasteiger partial charge in [0, 0.05) is 6.04 Å². The van der Waals surface area contributed by atoms with Crippen LogP contribution in [0.15, 0.2) is 18.2 Å². The van der Waals surface area contributed by atoms with Gasteiger partial charge < -0.3 is 5.32 Å². The molecule has 3 heteroatoms. The lowest BCUT2D eigenvalue weighted by atomic mass is 10.1. The number of rotatable bonds is 6. The van der Waals surface area contributed by atoms with Crippen LogP contribution in [0.2, 0.25) is 0 Å². The number of unbranched alkanes of at least 4 members (excludes halogenated alkanes) is 2. The first-order valence-corrected chi connectivity index (χ1v) is 5.83. The number of benzene rings is 1. The fourth-order valence-electron chi connectivity index (χ4n) is 1.59. The van der Waals surface area contributed by atoms with Crippen LogP contribution in [0.1, 0.15) is 44.7 Å². The average Bonchev–Trinajstić information content (AvgIpc) is 2.28. The Morgan fingerprint density at radius 2 is 1.94 bits per heavy atom. The second-order valence-corrected chi connectivity index (χ2v) is 4.06. The van der Waals surface area contributed by atoms with Crippen LogP contribution in [0.25, 0.3) is 0 Å². The van der Waals surface area contributed by atoms with Gasteiger partial charge in [-0.25, -0.2) is 8.78 Å². The van der Waals surface area contributed by atoms with Gasteiger partial charge in [0.15, 0.2) is 11.6 Å². The van der Waals surface area contributed by atoms with Crippen molar-refractivity contribution in [2.24, 2.45) is 0 Å². The number of hydrogen-bond donors (Lipinski definition) is 1. The Bertz CT molecular complexity index is 326. The molecule has 1 unspecified atom stereocenters. The summed E-state index contributed by atoms with van der Waals surface area (Å²) >= 11 is 0. The van der Waals surface area contributed by atoms with Gasteiger partial charge in [-0.15, -0.1) is 0 Å². The van der Waals surface area contributed by atoms with Crippen LogP contribution in [0.5, 0.6) is 0 Å². The molecule has 1 nitrogen and oxygen atoms in total. The van der Waals surface area contributed by atoms with E-state index >= 15 is 0 Å². The summed E-state index contributed by atoms with van der Waals surface area (Å²) in [5, 5.41) is 3.29. The van der Waals surface area contributed by atoms with Crippen LogP contribution in [0.3, 0.4) is 0 Å². The van der Waals surface area contributed by atoms with E-state index < -0.39 is 11.6 Å². The minimum absolute atomic E-state index is 0.0620. The molecule has 0 saturated carbocycles. The van der Waals surface area contributed by atoms with E-state index in [-0.39, 0.29) is 6.04 Å². The Labute approximate surface area is 95.9 Å². The number of halogens is 2. The smallest absolute Gasteiger partial charge is 0.159 e. The lowest BCUT2D eigenvalue weighted by Crippen LogP contribution is -2.20. The van der Waals surface area contributed by atoms with Crippen LogP contribution >= 0.6 is 0 Å². The maximum atomic E-state index is 13.0. The van der Waals surface area contributed by atoms with Crippen LogP contribution in [-0.2, 0) is 0 Å². The summed E-state index contributed by atoms with van der Waals surface area (Å²) in [4.78, 5) is 0. The highest BCUT2D eigenvalue weighted by Crippen LogP contribution is 2.15. The van der Waals surface area contributed by atoms with E-state index in [2.05, 4.69) is 12.2 Å². The monoisotopic (exact) mass is 227 g/mol. The van der Waals surface area contributed by atoms with E-state index in [1.54, 1.807) is 6.07 Å². The lowest BCUT2D eigenvalue weighted by Gasteiger charge is -2.14. The predicted molar refractivity (Wildman–Crippen MR) is 62.3 cm³/mol. The summed E-state index contributed by atoms with van der Waals surface area (Å²) in [7, 11) is 0. The summed E-state index contributed by atoms with van der Waals surface area (Å²) < 4.78 is 25.7. The van der Waals surface area contributed by atoms with Crippen molar-refractivity contribution in [2.75, 3.05) is 6.54 Å². The summed E-state index contributed by atoms with van der Waals surface area (Å²) in [6.45, 7) is 5.02. The average molecular weight is 227 g/mol. The van der Waals surface area contributed by atoms with Crippen molar-refractivity contribution in [3.63, 3.8) is 0 Å². The molecule has 16 heavy (non-hydrogen) atoms. The first-order chi connectivity index (χ1) is 7.65. The Kier molecular flexibility index (Phi) is 5.39. The van der Waals surface area contributed by atoms with Crippen LogP contribution < -0.4 is 5.32 Å². The molecule has 1 aromatic rings. The Balaban J connectivity index is 2.46. The molecule has 0 radical (unpaired) electrons. The van der Waals surface area contributed by atoms with Gasteiger partial charge in [-0.1, -0.05) is 25.8 Å². The summed E-state index contributed by atoms with van der Waals surface area (Å²) in [6.07, 6.45) is 3.49. The third kappa shape index (κ3) is 3.89. The third-order valence-corrected chi connectivity index (χ3v) is 2.67. The molecule has 0 fully saturated rings. The minimum atomic E-state index is -0.790. The quantitative estimate of drug-likeness (QED) is 0.729. The van der Waals surface area contributed by atoms with Gasteiger partial charge in [0.2, 0.25) is 0 Å². The molecule has 0 saturated heterocycles. The van der Waals surface area contributed by atoms with Crippen molar-refractivity contribution in [1.82, 2.24) is 5.32 Å². The molecule has 1 N–H and O–H groups in total. The zero-order valence-electron chi connectivity index (χ0n) is 9.89. The molecule has 90 valence electrons. The molecule has 0 aliphatic carbocycles. The Morgan fingerprint density at radius 3 is 2.56 bits per heavy atom. The van der Waals surface area contributed by atoms with Crippen LogP contribution in [0.4, 0.5) is 8.78 Å². The fourth-order valence-corrected chi connectivity index (χ4v) is 1.59. The molecule has 0 heterocycles. The molecule has 0 bridgehead atoms. The minimum Gasteiger partial charge on any atom is -0.310 e. The van der Waals surface area contributed by atoms with Gasteiger partial charge >= 0.3 is 0 Å². The molecular formula is C13H19F2N. The standard InChI is InChI=1S/C13H19F2N/c1-3-4-5-8-16-10(2)11-6-7-12(14)13(15)9-11/h6-7,9-10,16H,3-5,8H2,1-2H3. The molecule has 0 spiro atoms. The number of hydrogen-bond acceptors (Lipinski definition) is 1. The van der Waals surface area contributed by atoms with Crippen molar-refractivity contribution in [3.8, 4) is 0 Å². The highest BCUT2D eigenvalue weighted by molar-refractivity contribution is 5.20. The lowest BCUT2D eigenvalue weighted by molar-refractivity contribution is 0.498. The molecule has 0 aliphatic heterocycles. The van der Waals surface area contributed by atoms with Crippen molar-refractivity contribution in [2.45, 2.75) is 39.2 Å². The van der Waals surface area contributed by atoms with Gasteiger partial charge in [0.1, 0.15) is 0 Å². The zero-order valence-corrected chi connectivity index (χ0v) is 9.89. The summed E-state index contributed by atoms with van der Waals surface area (Å²) in [5.74, 6) is -1.57. The SMILES string of the molecule is CCCCCNC(C)c1ccc(F)c(F)c1. The van der Waals surface area contributed by atoms with E-state index in [0.29, 0.717) is 0 Å². The van der Waals surface area contributed by atoms with Gasteiger partial charge in [0.25, 0.3) is 0 Å². The highest BCUT2D eigenvalue weighted by atomic mass is 19.2. The third-order valence-electron chi connectivity index (χ3n) is 2.67. The normalized spacial score (nSPS) is 12.8.